The van der Waals surface area contributed by atoms with E-state index in [2.05, 4.69) is 44.8 Å². The molecular weight excluding hydrogens is 272 g/mol. The number of anilines is 1. The summed E-state index contributed by atoms with van der Waals surface area (Å²) < 4.78 is 0. The highest BCUT2D eigenvalue weighted by atomic mass is 15.3. The lowest BCUT2D eigenvalue weighted by Crippen LogP contribution is -1.92. The second kappa shape index (κ2) is 5.33. The van der Waals surface area contributed by atoms with Crippen molar-refractivity contribution in [3.05, 3.63) is 72.3 Å². The van der Waals surface area contributed by atoms with Gasteiger partial charge in [-0.1, -0.05) is 48.5 Å². The second-order valence-corrected chi connectivity index (χ2v) is 5.08. The zero-order chi connectivity index (χ0) is 14.8. The SMILES string of the molecule is C(=NNc1nc2ccccc2[nH]1)c1ccc2ccccc2c1. The average Bonchev–Trinajstić information content (AvgIpc) is 2.97. The fraction of sp³-hybridized carbons (Fsp3) is 0. The molecule has 4 nitrogen and oxygen atoms in total. The van der Waals surface area contributed by atoms with Crippen LogP contribution in [-0.4, -0.2) is 16.2 Å². The number of rotatable bonds is 3. The van der Waals surface area contributed by atoms with E-state index in [4.69, 9.17) is 0 Å². The zero-order valence-corrected chi connectivity index (χ0v) is 11.8. The van der Waals surface area contributed by atoms with Crippen molar-refractivity contribution in [1.82, 2.24) is 9.97 Å². The molecule has 4 aromatic rings. The van der Waals surface area contributed by atoms with E-state index in [-0.39, 0.29) is 0 Å². The molecule has 0 fully saturated rings. The summed E-state index contributed by atoms with van der Waals surface area (Å²) in [6.45, 7) is 0. The molecule has 2 N–H and O–H groups in total. The molecule has 1 aromatic heterocycles. The maximum Gasteiger partial charge on any atom is 0.222 e. The molecule has 1 heterocycles. The van der Waals surface area contributed by atoms with Gasteiger partial charge in [-0.15, -0.1) is 0 Å². The van der Waals surface area contributed by atoms with Crippen molar-refractivity contribution >= 4 is 34.0 Å². The van der Waals surface area contributed by atoms with Crippen LogP contribution in [0.1, 0.15) is 5.56 Å². The molecule has 0 radical (unpaired) electrons. The molecule has 22 heavy (non-hydrogen) atoms. The Morgan fingerprint density at radius 1 is 0.909 bits per heavy atom. The Kier molecular flexibility index (Phi) is 3.05. The summed E-state index contributed by atoms with van der Waals surface area (Å²) >= 11 is 0. The molecule has 0 amide bonds. The molecule has 0 aliphatic rings. The molecule has 4 rings (SSSR count). The second-order valence-electron chi connectivity index (χ2n) is 5.08. The Morgan fingerprint density at radius 2 is 1.73 bits per heavy atom. The number of fused-ring (bicyclic) bond motifs is 2. The Labute approximate surface area is 127 Å². The van der Waals surface area contributed by atoms with Crippen molar-refractivity contribution in [1.29, 1.82) is 0 Å². The van der Waals surface area contributed by atoms with Gasteiger partial charge in [-0.3, -0.25) is 0 Å². The fourth-order valence-electron chi connectivity index (χ4n) is 2.46. The van der Waals surface area contributed by atoms with Gasteiger partial charge in [0.15, 0.2) is 0 Å². The third kappa shape index (κ3) is 2.42. The van der Waals surface area contributed by atoms with Crippen LogP contribution in [0.25, 0.3) is 21.8 Å². The molecule has 0 saturated heterocycles. The van der Waals surface area contributed by atoms with Crippen molar-refractivity contribution in [3.63, 3.8) is 0 Å². The third-order valence-electron chi connectivity index (χ3n) is 3.55. The smallest absolute Gasteiger partial charge is 0.222 e. The summed E-state index contributed by atoms with van der Waals surface area (Å²) in [5.41, 5.74) is 5.89. The number of aromatic amines is 1. The topological polar surface area (TPSA) is 53.1 Å². The van der Waals surface area contributed by atoms with Crippen LogP contribution in [0.5, 0.6) is 0 Å². The van der Waals surface area contributed by atoms with Crippen molar-refractivity contribution in [2.75, 3.05) is 5.43 Å². The van der Waals surface area contributed by atoms with Gasteiger partial charge in [-0.2, -0.15) is 5.10 Å². The quantitative estimate of drug-likeness (QED) is 0.439. The number of nitrogens with one attached hydrogen (secondary N) is 2. The predicted octanol–water partition coefficient (Wildman–Crippen LogP) is 4.16. The number of aromatic nitrogens is 2. The largest absolute Gasteiger partial charge is 0.323 e. The zero-order valence-electron chi connectivity index (χ0n) is 11.8. The summed E-state index contributed by atoms with van der Waals surface area (Å²) in [5, 5.41) is 6.68. The molecular formula is C18H14N4. The van der Waals surface area contributed by atoms with Gasteiger partial charge in [-0.25, -0.2) is 10.4 Å². The maximum absolute atomic E-state index is 4.41. The minimum absolute atomic E-state index is 0.637. The van der Waals surface area contributed by atoms with Gasteiger partial charge in [0.2, 0.25) is 5.95 Å². The lowest BCUT2D eigenvalue weighted by atomic mass is 10.1. The summed E-state index contributed by atoms with van der Waals surface area (Å²) in [5.74, 6) is 0.637. The van der Waals surface area contributed by atoms with Crippen LogP contribution in [0, 0.1) is 0 Å². The van der Waals surface area contributed by atoms with E-state index in [1.54, 1.807) is 6.21 Å². The molecule has 0 bridgehead atoms. The number of benzene rings is 3. The van der Waals surface area contributed by atoms with Crippen LogP contribution in [0.4, 0.5) is 5.95 Å². The van der Waals surface area contributed by atoms with Crippen LogP contribution in [0.15, 0.2) is 71.8 Å². The number of imidazole rings is 1. The number of hydrogen-bond donors (Lipinski definition) is 2. The van der Waals surface area contributed by atoms with Gasteiger partial charge in [0.25, 0.3) is 0 Å². The normalized spacial score (nSPS) is 11.5. The van der Waals surface area contributed by atoms with Gasteiger partial charge in [0.05, 0.1) is 17.2 Å². The summed E-state index contributed by atoms with van der Waals surface area (Å²) in [6.07, 6.45) is 1.79. The van der Waals surface area contributed by atoms with Crippen LogP contribution in [0.3, 0.4) is 0 Å². The molecule has 0 spiro atoms. The minimum atomic E-state index is 0.637. The lowest BCUT2D eigenvalue weighted by Gasteiger charge is -1.99. The van der Waals surface area contributed by atoms with E-state index in [0.717, 1.165) is 16.6 Å². The Morgan fingerprint density at radius 3 is 2.64 bits per heavy atom. The first-order chi connectivity index (χ1) is 10.9. The standard InChI is InChI=1S/C18H14N4/c1-2-6-15-11-13(9-10-14(15)5-1)12-19-22-18-20-16-7-3-4-8-17(16)21-18/h1-12H,(H2,20,21,22). The summed E-state index contributed by atoms with van der Waals surface area (Å²) in [6, 6.07) is 22.4. The third-order valence-corrected chi connectivity index (χ3v) is 3.55. The van der Waals surface area contributed by atoms with E-state index in [1.807, 2.05) is 42.5 Å². The first-order valence-corrected chi connectivity index (χ1v) is 7.11. The highest BCUT2D eigenvalue weighted by Crippen LogP contribution is 2.15. The molecule has 3 aromatic carbocycles. The first-order valence-electron chi connectivity index (χ1n) is 7.11. The molecule has 0 unspecified atom stereocenters. The molecule has 0 aliphatic carbocycles. The minimum Gasteiger partial charge on any atom is -0.323 e. The van der Waals surface area contributed by atoms with Gasteiger partial charge in [-0.05, 0) is 34.5 Å². The fourth-order valence-corrected chi connectivity index (χ4v) is 2.46. The summed E-state index contributed by atoms with van der Waals surface area (Å²) in [4.78, 5) is 7.59. The molecule has 0 atom stereocenters. The number of H-pyrrole nitrogens is 1. The van der Waals surface area contributed by atoms with Crippen LogP contribution < -0.4 is 5.43 Å². The highest BCUT2D eigenvalue weighted by Gasteiger charge is 1.99. The van der Waals surface area contributed by atoms with Crippen LogP contribution >= 0.6 is 0 Å². The lowest BCUT2D eigenvalue weighted by molar-refractivity contribution is 1.21. The molecule has 4 heteroatoms. The van der Waals surface area contributed by atoms with Gasteiger partial charge in [0, 0.05) is 0 Å². The highest BCUT2D eigenvalue weighted by molar-refractivity contribution is 5.90. The van der Waals surface area contributed by atoms with Crippen LogP contribution in [-0.2, 0) is 0 Å². The Balaban J connectivity index is 1.55. The van der Waals surface area contributed by atoms with Gasteiger partial charge in [0.1, 0.15) is 0 Å². The number of hydrogen-bond acceptors (Lipinski definition) is 3. The maximum atomic E-state index is 4.41. The van der Waals surface area contributed by atoms with Crippen molar-refractivity contribution < 1.29 is 0 Å². The summed E-state index contributed by atoms with van der Waals surface area (Å²) in [7, 11) is 0. The number of nitrogens with zero attached hydrogens (tertiary/aromatic N) is 2. The van der Waals surface area contributed by atoms with E-state index < -0.39 is 0 Å². The van der Waals surface area contributed by atoms with Crippen LogP contribution in [0.2, 0.25) is 0 Å². The van der Waals surface area contributed by atoms with E-state index in [1.165, 1.54) is 10.8 Å². The monoisotopic (exact) mass is 286 g/mol. The molecule has 0 saturated carbocycles. The first kappa shape index (κ1) is 12.6. The van der Waals surface area contributed by atoms with Crippen molar-refractivity contribution in [2.45, 2.75) is 0 Å². The van der Waals surface area contributed by atoms with E-state index in [9.17, 15) is 0 Å². The molecule has 106 valence electrons. The van der Waals surface area contributed by atoms with E-state index in [0.29, 0.717) is 5.95 Å². The molecule has 0 aliphatic heterocycles. The predicted molar refractivity (Wildman–Crippen MR) is 91.3 cm³/mol. The van der Waals surface area contributed by atoms with Gasteiger partial charge < -0.3 is 4.98 Å². The van der Waals surface area contributed by atoms with Crippen molar-refractivity contribution in [2.24, 2.45) is 5.10 Å². The Hall–Kier alpha value is -3.14. The van der Waals surface area contributed by atoms with Crippen molar-refractivity contribution in [3.8, 4) is 0 Å². The van der Waals surface area contributed by atoms with E-state index >= 15 is 0 Å². The number of hydrazone groups is 1. The van der Waals surface area contributed by atoms with Gasteiger partial charge >= 0.3 is 0 Å². The average molecular weight is 286 g/mol. The number of para-hydroxylation sites is 2. The Bertz CT molecular complexity index is 936.